The molecule has 0 amide bonds. The number of aliphatic hydroxyl groups excluding tert-OH is 1. The van der Waals surface area contributed by atoms with Crippen molar-refractivity contribution < 1.29 is 9.84 Å². The summed E-state index contributed by atoms with van der Waals surface area (Å²) in [5.74, 6) is 0.827. The molecule has 0 saturated heterocycles. The number of methoxy groups -OCH3 is 1. The lowest BCUT2D eigenvalue weighted by molar-refractivity contribution is 0.137. The van der Waals surface area contributed by atoms with Gasteiger partial charge >= 0.3 is 0 Å². The second-order valence-corrected chi connectivity index (χ2v) is 4.19. The highest BCUT2D eigenvalue weighted by Crippen LogP contribution is 2.14. The van der Waals surface area contributed by atoms with Crippen LogP contribution in [0.1, 0.15) is 18.3 Å². The first kappa shape index (κ1) is 12.9. The van der Waals surface area contributed by atoms with Crippen LogP contribution >= 0.6 is 0 Å². The van der Waals surface area contributed by atoms with E-state index in [0.29, 0.717) is 13.1 Å². The van der Waals surface area contributed by atoms with Crippen LogP contribution in [0.5, 0.6) is 5.75 Å². The molecule has 1 N–H and O–H groups in total. The van der Waals surface area contributed by atoms with Gasteiger partial charge in [-0.2, -0.15) is 0 Å². The molecule has 0 saturated carbocycles. The summed E-state index contributed by atoms with van der Waals surface area (Å²) in [7, 11) is 3.61. The van der Waals surface area contributed by atoms with Crippen molar-refractivity contribution in [1.82, 2.24) is 9.88 Å². The molecule has 0 aliphatic rings. The Morgan fingerprint density at radius 2 is 2.19 bits per heavy atom. The third-order valence-electron chi connectivity index (χ3n) is 2.22. The smallest absolute Gasteiger partial charge is 0.122 e. The minimum absolute atomic E-state index is 0.322. The van der Waals surface area contributed by atoms with Gasteiger partial charge < -0.3 is 9.84 Å². The summed E-state index contributed by atoms with van der Waals surface area (Å²) in [5, 5.41) is 9.27. The molecule has 1 aromatic rings. The zero-order valence-corrected chi connectivity index (χ0v) is 10.4. The molecule has 4 nitrogen and oxygen atoms in total. The fraction of sp³-hybridized carbons (Fsp3) is 0.583. The van der Waals surface area contributed by atoms with Crippen LogP contribution < -0.4 is 4.74 Å². The van der Waals surface area contributed by atoms with Gasteiger partial charge in [0.25, 0.3) is 0 Å². The fourth-order valence-corrected chi connectivity index (χ4v) is 1.69. The molecular weight excluding hydrogens is 204 g/mol. The molecule has 4 heteroatoms. The normalized spacial score (nSPS) is 12.9. The number of ether oxygens (including phenoxy) is 1. The molecule has 90 valence electrons. The first-order valence-corrected chi connectivity index (χ1v) is 5.39. The molecular formula is C12H20N2O2. The average Bonchev–Trinajstić information content (AvgIpc) is 2.14. The lowest BCUT2D eigenvalue weighted by Crippen LogP contribution is -2.27. The molecule has 0 aliphatic heterocycles. The molecule has 1 rings (SSSR count). The summed E-state index contributed by atoms with van der Waals surface area (Å²) in [6.07, 6.45) is -0.322. The summed E-state index contributed by atoms with van der Waals surface area (Å²) in [6.45, 7) is 5.07. The molecule has 16 heavy (non-hydrogen) atoms. The Labute approximate surface area is 96.9 Å². The largest absolute Gasteiger partial charge is 0.497 e. The molecule has 0 aliphatic carbocycles. The van der Waals surface area contributed by atoms with Gasteiger partial charge in [-0.3, -0.25) is 9.88 Å². The van der Waals surface area contributed by atoms with E-state index in [9.17, 15) is 5.11 Å². The molecule has 0 spiro atoms. The number of hydrogen-bond acceptors (Lipinski definition) is 4. The number of nitrogens with zero attached hydrogens (tertiary/aromatic N) is 2. The van der Waals surface area contributed by atoms with E-state index in [1.807, 2.05) is 31.0 Å². The maximum atomic E-state index is 9.27. The highest BCUT2D eigenvalue weighted by molar-refractivity contribution is 5.26. The first-order chi connectivity index (χ1) is 7.51. The lowest BCUT2D eigenvalue weighted by Gasteiger charge is -2.18. The predicted octanol–water partition coefficient (Wildman–Crippen LogP) is 1.21. The molecule has 1 heterocycles. The van der Waals surface area contributed by atoms with Crippen molar-refractivity contribution in [3.05, 3.63) is 23.5 Å². The van der Waals surface area contributed by atoms with Crippen LogP contribution in [0, 0.1) is 6.92 Å². The number of pyridine rings is 1. The predicted molar refractivity (Wildman–Crippen MR) is 63.5 cm³/mol. The van der Waals surface area contributed by atoms with Gasteiger partial charge in [-0.15, -0.1) is 0 Å². The third-order valence-corrected chi connectivity index (χ3v) is 2.22. The molecule has 1 unspecified atom stereocenters. The van der Waals surface area contributed by atoms with E-state index >= 15 is 0 Å². The molecule has 0 radical (unpaired) electrons. The molecule has 0 bridgehead atoms. The van der Waals surface area contributed by atoms with Crippen molar-refractivity contribution in [3.63, 3.8) is 0 Å². The summed E-state index contributed by atoms with van der Waals surface area (Å²) >= 11 is 0. The number of aryl methyl sites for hydroxylation is 1. The number of rotatable bonds is 5. The van der Waals surface area contributed by atoms with Crippen LogP contribution in [0.15, 0.2) is 12.1 Å². The van der Waals surface area contributed by atoms with Gasteiger partial charge in [0, 0.05) is 30.9 Å². The zero-order valence-electron chi connectivity index (χ0n) is 10.4. The quantitative estimate of drug-likeness (QED) is 0.816. The number of likely N-dealkylation sites (N-methyl/N-ethyl adjacent to an activating group) is 1. The van der Waals surface area contributed by atoms with Crippen molar-refractivity contribution in [2.24, 2.45) is 0 Å². The lowest BCUT2D eigenvalue weighted by atomic mass is 10.2. The average molecular weight is 224 g/mol. The van der Waals surface area contributed by atoms with E-state index in [-0.39, 0.29) is 6.10 Å². The molecule has 0 fully saturated rings. The third kappa shape index (κ3) is 4.16. The Kier molecular flexibility index (Phi) is 4.71. The number of hydrogen-bond donors (Lipinski definition) is 1. The van der Waals surface area contributed by atoms with Gasteiger partial charge in [-0.05, 0) is 20.9 Å². The van der Waals surface area contributed by atoms with Gasteiger partial charge in [0.1, 0.15) is 5.75 Å². The van der Waals surface area contributed by atoms with E-state index in [2.05, 4.69) is 4.98 Å². The molecule has 1 atom stereocenters. The SMILES string of the molecule is COc1cc(C)nc(CN(C)CC(C)O)c1. The maximum absolute atomic E-state index is 9.27. The molecule has 1 aromatic heterocycles. The second-order valence-electron chi connectivity index (χ2n) is 4.19. The molecule has 0 aromatic carbocycles. The number of aliphatic hydroxyl groups is 1. The van der Waals surface area contributed by atoms with Gasteiger partial charge in [0.2, 0.25) is 0 Å². The van der Waals surface area contributed by atoms with Crippen LogP contribution in [0.2, 0.25) is 0 Å². The zero-order chi connectivity index (χ0) is 12.1. The minimum Gasteiger partial charge on any atom is -0.497 e. The van der Waals surface area contributed by atoms with E-state index in [1.54, 1.807) is 14.0 Å². The van der Waals surface area contributed by atoms with E-state index in [4.69, 9.17) is 4.74 Å². The Morgan fingerprint density at radius 1 is 1.50 bits per heavy atom. The van der Waals surface area contributed by atoms with Crippen molar-refractivity contribution in [2.45, 2.75) is 26.5 Å². The summed E-state index contributed by atoms with van der Waals surface area (Å²) in [5.41, 5.74) is 1.90. The van der Waals surface area contributed by atoms with Gasteiger partial charge in [-0.25, -0.2) is 0 Å². The van der Waals surface area contributed by atoms with E-state index in [1.165, 1.54) is 0 Å². The van der Waals surface area contributed by atoms with Crippen LogP contribution in [-0.2, 0) is 6.54 Å². The van der Waals surface area contributed by atoms with Crippen molar-refractivity contribution in [1.29, 1.82) is 0 Å². The van der Waals surface area contributed by atoms with Crippen molar-refractivity contribution in [2.75, 3.05) is 20.7 Å². The second kappa shape index (κ2) is 5.82. The highest BCUT2D eigenvalue weighted by Gasteiger charge is 2.06. The summed E-state index contributed by atoms with van der Waals surface area (Å²) in [6, 6.07) is 3.82. The monoisotopic (exact) mass is 224 g/mol. The topological polar surface area (TPSA) is 45.6 Å². The standard InChI is InChI=1S/C12H20N2O2/c1-9-5-12(16-4)6-11(13-9)8-14(3)7-10(2)15/h5-6,10,15H,7-8H2,1-4H3. The fourth-order valence-electron chi connectivity index (χ4n) is 1.69. The van der Waals surface area contributed by atoms with Crippen LogP contribution in [0.4, 0.5) is 0 Å². The highest BCUT2D eigenvalue weighted by atomic mass is 16.5. The van der Waals surface area contributed by atoms with Gasteiger partial charge in [-0.1, -0.05) is 0 Å². The minimum atomic E-state index is -0.322. The van der Waals surface area contributed by atoms with Crippen LogP contribution in [0.25, 0.3) is 0 Å². The van der Waals surface area contributed by atoms with E-state index < -0.39 is 0 Å². The summed E-state index contributed by atoms with van der Waals surface area (Å²) < 4.78 is 5.19. The number of aromatic nitrogens is 1. The first-order valence-electron chi connectivity index (χ1n) is 5.39. The van der Waals surface area contributed by atoms with Crippen molar-refractivity contribution >= 4 is 0 Å². The van der Waals surface area contributed by atoms with Crippen molar-refractivity contribution in [3.8, 4) is 5.75 Å². The van der Waals surface area contributed by atoms with Crippen LogP contribution in [0.3, 0.4) is 0 Å². The Hall–Kier alpha value is -1.13. The Morgan fingerprint density at radius 3 is 2.75 bits per heavy atom. The van der Waals surface area contributed by atoms with Crippen LogP contribution in [-0.4, -0.2) is 41.8 Å². The summed E-state index contributed by atoms with van der Waals surface area (Å²) in [4.78, 5) is 6.46. The maximum Gasteiger partial charge on any atom is 0.122 e. The van der Waals surface area contributed by atoms with Gasteiger partial charge in [0.15, 0.2) is 0 Å². The van der Waals surface area contributed by atoms with E-state index in [0.717, 1.165) is 17.1 Å². The van der Waals surface area contributed by atoms with Gasteiger partial charge in [0.05, 0.1) is 18.9 Å². The Balaban J connectivity index is 2.69. The Bertz CT molecular complexity index is 340.